The number of aryl methyl sites for hydroxylation is 1. The first-order valence-electron chi connectivity index (χ1n) is 4.53. The summed E-state index contributed by atoms with van der Waals surface area (Å²) in [6.45, 7) is 7.10. The van der Waals surface area contributed by atoms with Gasteiger partial charge in [0, 0.05) is 4.47 Å². The molecule has 1 aromatic carbocycles. The van der Waals surface area contributed by atoms with E-state index in [1.165, 1.54) is 21.2 Å². The summed E-state index contributed by atoms with van der Waals surface area (Å²) in [6.07, 6.45) is 0. The molecule has 13 heavy (non-hydrogen) atoms. The predicted molar refractivity (Wildman–Crippen MR) is 61.1 cm³/mol. The molecule has 0 aliphatic carbocycles. The maximum absolute atomic E-state index is 5.65. The quantitative estimate of drug-likeness (QED) is 0.847. The van der Waals surface area contributed by atoms with E-state index in [-0.39, 0.29) is 0 Å². The molecular formula is C11H16BrN. The van der Waals surface area contributed by atoms with Crippen LogP contribution in [0.4, 0.5) is 0 Å². The van der Waals surface area contributed by atoms with E-state index in [2.05, 4.69) is 48.8 Å². The molecule has 1 rings (SSSR count). The van der Waals surface area contributed by atoms with Gasteiger partial charge in [0.15, 0.2) is 0 Å². The Balaban J connectivity index is 3.18. The zero-order valence-electron chi connectivity index (χ0n) is 8.39. The molecule has 0 heterocycles. The molecule has 0 amide bonds. The van der Waals surface area contributed by atoms with Crippen molar-refractivity contribution in [2.45, 2.75) is 26.7 Å². The van der Waals surface area contributed by atoms with Gasteiger partial charge in [-0.2, -0.15) is 0 Å². The molecule has 2 heteroatoms. The fourth-order valence-corrected chi connectivity index (χ4v) is 1.86. The smallest absolute Gasteiger partial charge is 0.0236 e. The van der Waals surface area contributed by atoms with Crippen molar-refractivity contribution in [1.82, 2.24) is 0 Å². The van der Waals surface area contributed by atoms with Crippen LogP contribution in [0, 0.1) is 13.8 Å². The van der Waals surface area contributed by atoms with E-state index in [0.717, 1.165) is 0 Å². The lowest BCUT2D eigenvalue weighted by molar-refractivity contribution is 0.766. The van der Waals surface area contributed by atoms with E-state index < -0.39 is 0 Å². The van der Waals surface area contributed by atoms with Crippen molar-refractivity contribution >= 4 is 15.9 Å². The Morgan fingerprint density at radius 3 is 2.54 bits per heavy atom. The summed E-state index contributed by atoms with van der Waals surface area (Å²) in [5.41, 5.74) is 9.59. The molecule has 2 N–H and O–H groups in total. The molecule has 1 unspecified atom stereocenters. The Labute approximate surface area is 88.5 Å². The fraction of sp³-hybridized carbons (Fsp3) is 0.455. The van der Waals surface area contributed by atoms with Crippen LogP contribution in [0.25, 0.3) is 0 Å². The van der Waals surface area contributed by atoms with Crippen LogP contribution in [0.3, 0.4) is 0 Å². The zero-order chi connectivity index (χ0) is 10.0. The summed E-state index contributed by atoms with van der Waals surface area (Å²) in [7, 11) is 0. The maximum atomic E-state index is 5.65. The van der Waals surface area contributed by atoms with Gasteiger partial charge in [0.05, 0.1) is 0 Å². The van der Waals surface area contributed by atoms with Crippen LogP contribution in [0.2, 0.25) is 0 Å². The number of benzene rings is 1. The lowest BCUT2D eigenvalue weighted by atomic mass is 9.95. The fourth-order valence-electron chi connectivity index (χ4n) is 1.50. The van der Waals surface area contributed by atoms with Gasteiger partial charge < -0.3 is 5.73 Å². The Morgan fingerprint density at radius 2 is 2.00 bits per heavy atom. The third kappa shape index (κ3) is 2.12. The van der Waals surface area contributed by atoms with Crippen LogP contribution in [-0.2, 0) is 0 Å². The number of hydrogen-bond acceptors (Lipinski definition) is 1. The van der Waals surface area contributed by atoms with E-state index in [1.807, 2.05) is 0 Å². The minimum Gasteiger partial charge on any atom is -0.330 e. The molecule has 0 radical (unpaired) electrons. The van der Waals surface area contributed by atoms with Crippen molar-refractivity contribution in [3.8, 4) is 0 Å². The lowest BCUT2D eigenvalue weighted by Gasteiger charge is -2.14. The van der Waals surface area contributed by atoms with Gasteiger partial charge in [-0.25, -0.2) is 0 Å². The van der Waals surface area contributed by atoms with Gasteiger partial charge in [0.2, 0.25) is 0 Å². The first-order valence-corrected chi connectivity index (χ1v) is 5.33. The minimum atomic E-state index is 0.442. The molecule has 0 aliphatic rings. The van der Waals surface area contributed by atoms with Gasteiger partial charge in [-0.15, -0.1) is 0 Å². The van der Waals surface area contributed by atoms with Crippen LogP contribution >= 0.6 is 15.9 Å². The van der Waals surface area contributed by atoms with E-state index in [0.29, 0.717) is 12.5 Å². The second-order valence-electron chi connectivity index (χ2n) is 3.55. The van der Waals surface area contributed by atoms with Crippen LogP contribution < -0.4 is 5.73 Å². The molecule has 0 fully saturated rings. The van der Waals surface area contributed by atoms with Crippen molar-refractivity contribution < 1.29 is 0 Å². The van der Waals surface area contributed by atoms with Gasteiger partial charge in [0.25, 0.3) is 0 Å². The van der Waals surface area contributed by atoms with Crippen molar-refractivity contribution in [2.24, 2.45) is 5.73 Å². The van der Waals surface area contributed by atoms with Gasteiger partial charge in [-0.3, -0.25) is 0 Å². The van der Waals surface area contributed by atoms with Crippen molar-refractivity contribution in [3.05, 3.63) is 33.3 Å². The Morgan fingerprint density at radius 1 is 1.38 bits per heavy atom. The average Bonchev–Trinajstić information content (AvgIpc) is 2.13. The Bertz CT molecular complexity index is 307. The van der Waals surface area contributed by atoms with Gasteiger partial charge >= 0.3 is 0 Å². The molecule has 0 saturated heterocycles. The van der Waals surface area contributed by atoms with E-state index in [4.69, 9.17) is 5.73 Å². The summed E-state index contributed by atoms with van der Waals surface area (Å²) < 4.78 is 1.21. The topological polar surface area (TPSA) is 26.0 Å². The maximum Gasteiger partial charge on any atom is 0.0236 e. The highest BCUT2D eigenvalue weighted by Crippen LogP contribution is 2.28. The number of halogens is 1. The summed E-state index contributed by atoms with van der Waals surface area (Å²) in [5.74, 6) is 0.442. The summed E-state index contributed by atoms with van der Waals surface area (Å²) in [6, 6.07) is 4.31. The summed E-state index contributed by atoms with van der Waals surface area (Å²) in [4.78, 5) is 0. The van der Waals surface area contributed by atoms with Crippen LogP contribution in [0.1, 0.15) is 29.5 Å². The molecule has 1 atom stereocenters. The SMILES string of the molecule is Cc1ccc(C(C)CN)c(C)c1Br. The van der Waals surface area contributed by atoms with Gasteiger partial charge in [-0.05, 0) is 43.0 Å². The second kappa shape index (κ2) is 4.25. The average molecular weight is 242 g/mol. The zero-order valence-corrected chi connectivity index (χ0v) is 9.98. The first-order chi connectivity index (χ1) is 6.07. The number of nitrogens with two attached hydrogens (primary N) is 1. The molecule has 0 spiro atoms. The third-order valence-electron chi connectivity index (χ3n) is 2.51. The predicted octanol–water partition coefficient (Wildman–Crippen LogP) is 3.13. The highest BCUT2D eigenvalue weighted by molar-refractivity contribution is 9.10. The summed E-state index contributed by atoms with van der Waals surface area (Å²) in [5, 5.41) is 0. The molecule has 0 bridgehead atoms. The highest BCUT2D eigenvalue weighted by atomic mass is 79.9. The second-order valence-corrected chi connectivity index (χ2v) is 4.34. The lowest BCUT2D eigenvalue weighted by Crippen LogP contribution is -2.10. The number of rotatable bonds is 2. The number of hydrogen-bond donors (Lipinski definition) is 1. The third-order valence-corrected chi connectivity index (χ3v) is 3.73. The van der Waals surface area contributed by atoms with Crippen molar-refractivity contribution in [3.63, 3.8) is 0 Å². The van der Waals surface area contributed by atoms with Crippen molar-refractivity contribution in [1.29, 1.82) is 0 Å². The van der Waals surface area contributed by atoms with Crippen LogP contribution in [-0.4, -0.2) is 6.54 Å². The molecular weight excluding hydrogens is 226 g/mol. The highest BCUT2D eigenvalue weighted by Gasteiger charge is 2.09. The molecule has 0 aromatic heterocycles. The van der Waals surface area contributed by atoms with Crippen molar-refractivity contribution in [2.75, 3.05) is 6.54 Å². The van der Waals surface area contributed by atoms with E-state index in [9.17, 15) is 0 Å². The minimum absolute atomic E-state index is 0.442. The molecule has 0 saturated carbocycles. The van der Waals surface area contributed by atoms with E-state index >= 15 is 0 Å². The molecule has 1 aromatic rings. The monoisotopic (exact) mass is 241 g/mol. The first kappa shape index (κ1) is 10.7. The normalized spacial score (nSPS) is 13.0. The standard InChI is InChI=1S/C11H16BrN/c1-7-4-5-10(8(2)6-13)9(3)11(7)12/h4-5,8H,6,13H2,1-3H3. The Hall–Kier alpha value is -0.340. The molecule has 1 nitrogen and oxygen atoms in total. The van der Waals surface area contributed by atoms with Gasteiger partial charge in [0.1, 0.15) is 0 Å². The molecule has 72 valence electrons. The van der Waals surface area contributed by atoms with Crippen LogP contribution in [0.5, 0.6) is 0 Å². The Kier molecular flexibility index (Phi) is 3.51. The van der Waals surface area contributed by atoms with E-state index in [1.54, 1.807) is 0 Å². The van der Waals surface area contributed by atoms with Gasteiger partial charge in [-0.1, -0.05) is 35.0 Å². The molecule has 0 aliphatic heterocycles. The largest absolute Gasteiger partial charge is 0.330 e. The van der Waals surface area contributed by atoms with Crippen LogP contribution in [0.15, 0.2) is 16.6 Å². The summed E-state index contributed by atoms with van der Waals surface area (Å²) >= 11 is 3.59.